The molecule has 1 aromatic rings. The summed E-state index contributed by atoms with van der Waals surface area (Å²) >= 11 is 0. The van der Waals surface area contributed by atoms with Gasteiger partial charge in [-0.1, -0.05) is 6.07 Å². The summed E-state index contributed by atoms with van der Waals surface area (Å²) in [6, 6.07) is 4.07. The maximum Gasteiger partial charge on any atom is 0.298 e. The van der Waals surface area contributed by atoms with Gasteiger partial charge in [-0.2, -0.15) is 8.42 Å². The lowest BCUT2D eigenvalue weighted by Gasteiger charge is -2.08. The summed E-state index contributed by atoms with van der Waals surface area (Å²) in [7, 11) is -2.46. The minimum absolute atomic E-state index is 0.110. The molecule has 0 aromatic heterocycles. The van der Waals surface area contributed by atoms with Gasteiger partial charge in [-0.25, -0.2) is 9.11 Å². The van der Waals surface area contributed by atoms with Crippen LogP contribution in [0.5, 0.6) is 0 Å². The van der Waals surface area contributed by atoms with Crippen LogP contribution in [0.25, 0.3) is 0 Å². The molecule has 7 heteroatoms. The molecule has 0 unspecified atom stereocenters. The Labute approximate surface area is 87.7 Å². The first-order chi connectivity index (χ1) is 6.98. The normalized spacial score (nSPS) is 11.4. The molecule has 4 N–H and O–H groups in total. The molecule has 5 nitrogen and oxygen atoms in total. The predicted molar refractivity (Wildman–Crippen MR) is 55.9 cm³/mol. The number of rotatable bonds is 4. The molecule has 1 rings (SSSR count). The highest BCUT2D eigenvalue weighted by Gasteiger charge is 2.10. The van der Waals surface area contributed by atoms with Gasteiger partial charge in [0.05, 0.1) is 5.69 Å². The third-order valence-corrected chi connectivity index (χ3v) is 2.81. The fraction of sp³-hybridized carbons (Fsp3) is 0.250. The predicted octanol–water partition coefficient (Wildman–Crippen LogP) is 0.160. The number of nitrogens with one attached hydrogen (secondary N) is 2. The van der Waals surface area contributed by atoms with E-state index in [1.807, 2.05) is 9.44 Å². The van der Waals surface area contributed by atoms with Crippen molar-refractivity contribution in [3.63, 3.8) is 0 Å². The summed E-state index contributed by atoms with van der Waals surface area (Å²) in [5.41, 5.74) is 5.79. The highest BCUT2D eigenvalue weighted by atomic mass is 32.2. The van der Waals surface area contributed by atoms with Crippen molar-refractivity contribution >= 4 is 15.9 Å². The third-order valence-electron chi connectivity index (χ3n) is 1.78. The van der Waals surface area contributed by atoms with E-state index >= 15 is 0 Å². The molecule has 0 aliphatic rings. The first-order valence-electron chi connectivity index (χ1n) is 4.18. The molecule has 0 bridgehead atoms. The number of halogens is 1. The molecule has 0 amide bonds. The zero-order chi connectivity index (χ0) is 11.5. The van der Waals surface area contributed by atoms with E-state index < -0.39 is 16.0 Å². The van der Waals surface area contributed by atoms with E-state index in [0.29, 0.717) is 5.56 Å². The van der Waals surface area contributed by atoms with Crippen molar-refractivity contribution in [2.45, 2.75) is 6.54 Å². The van der Waals surface area contributed by atoms with Gasteiger partial charge in [-0.15, -0.1) is 0 Å². The molecule has 15 heavy (non-hydrogen) atoms. The summed E-state index contributed by atoms with van der Waals surface area (Å²) in [5, 5.41) is 0. The fourth-order valence-electron chi connectivity index (χ4n) is 0.964. The van der Waals surface area contributed by atoms with Crippen LogP contribution in [0.4, 0.5) is 10.1 Å². The molecule has 0 aliphatic carbocycles. The van der Waals surface area contributed by atoms with Crippen molar-refractivity contribution in [1.29, 1.82) is 0 Å². The van der Waals surface area contributed by atoms with E-state index in [1.54, 1.807) is 6.07 Å². The number of nitrogens with two attached hydrogens (primary N) is 1. The van der Waals surface area contributed by atoms with Gasteiger partial charge in [-0.3, -0.25) is 4.72 Å². The molecule has 0 aliphatic heterocycles. The fourth-order valence-corrected chi connectivity index (χ4v) is 1.52. The van der Waals surface area contributed by atoms with Gasteiger partial charge < -0.3 is 5.73 Å². The van der Waals surface area contributed by atoms with Crippen LogP contribution in [0.1, 0.15) is 5.56 Å². The topological polar surface area (TPSA) is 84.2 Å². The zero-order valence-electron chi connectivity index (χ0n) is 8.12. The second-order valence-corrected chi connectivity index (χ2v) is 4.45. The van der Waals surface area contributed by atoms with Crippen LogP contribution in [0.2, 0.25) is 0 Å². The van der Waals surface area contributed by atoms with Gasteiger partial charge in [-0.05, 0) is 17.7 Å². The quantitative estimate of drug-likeness (QED) is 0.692. The van der Waals surface area contributed by atoms with Gasteiger partial charge in [0.25, 0.3) is 10.2 Å². The monoisotopic (exact) mass is 233 g/mol. The maximum absolute atomic E-state index is 13.3. The summed E-state index contributed by atoms with van der Waals surface area (Å²) in [4.78, 5) is 0. The number of anilines is 1. The molecule has 0 spiro atoms. The molecule has 84 valence electrons. The Morgan fingerprint density at radius 1 is 1.47 bits per heavy atom. The van der Waals surface area contributed by atoms with Crippen molar-refractivity contribution in [2.75, 3.05) is 11.8 Å². The molecule has 0 radical (unpaired) electrons. The van der Waals surface area contributed by atoms with Crippen LogP contribution >= 0.6 is 0 Å². The number of hydrogen-bond donors (Lipinski definition) is 3. The molecule has 0 fully saturated rings. The average molecular weight is 233 g/mol. The van der Waals surface area contributed by atoms with E-state index in [0.717, 1.165) is 0 Å². The van der Waals surface area contributed by atoms with Crippen LogP contribution < -0.4 is 15.2 Å². The summed E-state index contributed by atoms with van der Waals surface area (Å²) in [6.07, 6.45) is 0. The van der Waals surface area contributed by atoms with Crippen LogP contribution in [0.15, 0.2) is 18.2 Å². The number of benzene rings is 1. The Balaban J connectivity index is 2.97. The summed E-state index contributed by atoms with van der Waals surface area (Å²) < 4.78 is 39.5. The third kappa shape index (κ3) is 3.15. The Morgan fingerprint density at radius 2 is 2.13 bits per heavy atom. The standard InChI is InChI=1S/C8H12FN3O2S/c1-11-15(13,14)12-8-3-2-6(5-10)4-7(8)9/h2-4,11-12H,5,10H2,1H3. The van der Waals surface area contributed by atoms with E-state index in [9.17, 15) is 12.8 Å². The summed E-state index contributed by atoms with van der Waals surface area (Å²) in [5.74, 6) is -0.656. The zero-order valence-corrected chi connectivity index (χ0v) is 8.94. The summed E-state index contributed by atoms with van der Waals surface area (Å²) in [6.45, 7) is 0.204. The van der Waals surface area contributed by atoms with Crippen LogP contribution in [-0.4, -0.2) is 15.5 Å². The van der Waals surface area contributed by atoms with Gasteiger partial charge in [0, 0.05) is 13.6 Å². The molecule has 0 saturated heterocycles. The average Bonchev–Trinajstić information content (AvgIpc) is 2.21. The Kier molecular flexibility index (Phi) is 3.61. The van der Waals surface area contributed by atoms with Crippen molar-refractivity contribution in [1.82, 2.24) is 4.72 Å². The van der Waals surface area contributed by atoms with Gasteiger partial charge in [0.2, 0.25) is 0 Å². The van der Waals surface area contributed by atoms with E-state index in [-0.39, 0.29) is 12.2 Å². The minimum Gasteiger partial charge on any atom is -0.326 e. The molecule has 0 atom stereocenters. The molecule has 0 saturated carbocycles. The smallest absolute Gasteiger partial charge is 0.298 e. The van der Waals surface area contributed by atoms with E-state index in [1.165, 1.54) is 19.2 Å². The van der Waals surface area contributed by atoms with Crippen molar-refractivity contribution in [3.8, 4) is 0 Å². The van der Waals surface area contributed by atoms with Crippen LogP contribution in [-0.2, 0) is 16.8 Å². The SMILES string of the molecule is CNS(=O)(=O)Nc1ccc(CN)cc1F. The lowest BCUT2D eigenvalue weighted by molar-refractivity contribution is 0.591. The van der Waals surface area contributed by atoms with Crippen molar-refractivity contribution < 1.29 is 12.8 Å². The number of hydrogen-bond acceptors (Lipinski definition) is 3. The molecule has 0 heterocycles. The highest BCUT2D eigenvalue weighted by molar-refractivity contribution is 7.90. The Hall–Kier alpha value is -1.18. The van der Waals surface area contributed by atoms with Crippen molar-refractivity contribution in [3.05, 3.63) is 29.6 Å². The Bertz CT molecular complexity index is 447. The van der Waals surface area contributed by atoms with Crippen LogP contribution in [0.3, 0.4) is 0 Å². The second kappa shape index (κ2) is 4.56. The first kappa shape index (κ1) is 11.9. The highest BCUT2D eigenvalue weighted by Crippen LogP contribution is 2.16. The van der Waals surface area contributed by atoms with E-state index in [4.69, 9.17) is 5.73 Å². The van der Waals surface area contributed by atoms with Crippen molar-refractivity contribution in [2.24, 2.45) is 5.73 Å². The van der Waals surface area contributed by atoms with Gasteiger partial charge >= 0.3 is 0 Å². The molecular formula is C8H12FN3O2S. The lowest BCUT2D eigenvalue weighted by Crippen LogP contribution is -2.26. The van der Waals surface area contributed by atoms with Crippen LogP contribution in [0, 0.1) is 5.82 Å². The van der Waals surface area contributed by atoms with E-state index in [2.05, 4.69) is 0 Å². The Morgan fingerprint density at radius 3 is 2.60 bits per heavy atom. The van der Waals surface area contributed by atoms with Gasteiger partial charge in [0.1, 0.15) is 5.82 Å². The molecule has 1 aromatic carbocycles. The van der Waals surface area contributed by atoms with Gasteiger partial charge in [0.15, 0.2) is 0 Å². The minimum atomic E-state index is -3.69. The first-order valence-corrected chi connectivity index (χ1v) is 5.66. The lowest BCUT2D eigenvalue weighted by atomic mass is 10.2. The largest absolute Gasteiger partial charge is 0.326 e. The molecular weight excluding hydrogens is 221 g/mol. The second-order valence-electron chi connectivity index (χ2n) is 2.83. The maximum atomic E-state index is 13.3.